The molecule has 220 valence electrons. The Morgan fingerprint density at radius 3 is 2.35 bits per heavy atom. The van der Waals surface area contributed by atoms with Gasteiger partial charge in [0.1, 0.15) is 17.5 Å². The summed E-state index contributed by atoms with van der Waals surface area (Å²) in [6.45, 7) is 1.72. The molecule has 2 unspecified atom stereocenters. The molecular weight excluding hydrogens is 585 g/mol. The maximum absolute atomic E-state index is 14.1. The van der Waals surface area contributed by atoms with Crippen molar-refractivity contribution in [1.82, 2.24) is 4.57 Å². The van der Waals surface area contributed by atoms with E-state index in [1.807, 2.05) is 68.4 Å². The third-order valence-corrected chi connectivity index (χ3v) is 10.4. The quantitative estimate of drug-likeness (QED) is 0.301. The highest BCUT2D eigenvalue weighted by Crippen LogP contribution is 2.54. The summed E-state index contributed by atoms with van der Waals surface area (Å²) in [4.78, 5) is 58.1. The van der Waals surface area contributed by atoms with Gasteiger partial charge in [0.15, 0.2) is 0 Å². The van der Waals surface area contributed by atoms with Gasteiger partial charge in [-0.1, -0.05) is 47.4 Å². The third kappa shape index (κ3) is 5.23. The minimum absolute atomic E-state index is 0.209. The fourth-order valence-electron chi connectivity index (χ4n) is 5.65. The van der Waals surface area contributed by atoms with Crippen LogP contribution in [0.15, 0.2) is 82.6 Å². The topological polar surface area (TPSA) is 101 Å². The number of fused-ring (bicyclic) bond motifs is 2. The number of methoxy groups -OCH3 is 1. The minimum Gasteiger partial charge on any atom is -0.497 e. The van der Waals surface area contributed by atoms with Gasteiger partial charge in [-0.3, -0.25) is 23.7 Å². The molecule has 3 atom stereocenters. The molecule has 1 aromatic heterocycles. The van der Waals surface area contributed by atoms with Crippen LogP contribution in [0.2, 0.25) is 0 Å². The van der Waals surface area contributed by atoms with E-state index in [-0.39, 0.29) is 29.1 Å². The summed E-state index contributed by atoms with van der Waals surface area (Å²) in [5.74, 6) is -1.65. The van der Waals surface area contributed by atoms with Crippen molar-refractivity contribution in [2.24, 2.45) is 5.92 Å². The highest BCUT2D eigenvalue weighted by Gasteiger charge is 2.56. The number of amides is 3. The molecule has 6 rings (SSSR count). The number of nitrogens with one attached hydrogen (secondary N) is 1. The van der Waals surface area contributed by atoms with Crippen LogP contribution < -0.4 is 24.7 Å². The van der Waals surface area contributed by atoms with Gasteiger partial charge in [0.2, 0.25) is 17.7 Å². The van der Waals surface area contributed by atoms with Crippen molar-refractivity contribution in [2.45, 2.75) is 29.7 Å². The Morgan fingerprint density at radius 1 is 0.977 bits per heavy atom. The Labute approximate surface area is 257 Å². The third-order valence-electron chi connectivity index (χ3n) is 7.75. The number of ether oxygens (including phenoxy) is 1. The van der Waals surface area contributed by atoms with Gasteiger partial charge < -0.3 is 15.0 Å². The second-order valence-electron chi connectivity index (χ2n) is 10.8. The molecule has 0 saturated carbocycles. The first-order valence-corrected chi connectivity index (χ1v) is 15.4. The van der Waals surface area contributed by atoms with E-state index in [1.54, 1.807) is 37.4 Å². The van der Waals surface area contributed by atoms with E-state index in [0.29, 0.717) is 27.0 Å². The van der Waals surface area contributed by atoms with E-state index in [4.69, 9.17) is 4.74 Å². The first-order valence-electron chi connectivity index (χ1n) is 13.7. The Bertz CT molecular complexity index is 1780. The van der Waals surface area contributed by atoms with Crippen molar-refractivity contribution in [3.8, 4) is 5.75 Å². The van der Waals surface area contributed by atoms with Crippen molar-refractivity contribution in [3.63, 3.8) is 0 Å². The van der Waals surface area contributed by atoms with Gasteiger partial charge >= 0.3 is 4.87 Å². The van der Waals surface area contributed by atoms with Crippen molar-refractivity contribution >= 4 is 57.9 Å². The zero-order chi connectivity index (χ0) is 30.4. The van der Waals surface area contributed by atoms with Crippen LogP contribution in [-0.4, -0.2) is 48.7 Å². The zero-order valence-corrected chi connectivity index (χ0v) is 25.7. The molecule has 3 amide bonds. The largest absolute Gasteiger partial charge is 0.497 e. The lowest BCUT2D eigenvalue weighted by Crippen LogP contribution is -2.33. The Morgan fingerprint density at radius 2 is 1.70 bits per heavy atom. The summed E-state index contributed by atoms with van der Waals surface area (Å²) in [7, 11) is 5.44. The molecule has 1 saturated heterocycles. The molecule has 4 aromatic rings. The second-order valence-corrected chi connectivity index (χ2v) is 12.9. The highest BCUT2D eigenvalue weighted by atomic mass is 32.2. The summed E-state index contributed by atoms with van der Waals surface area (Å²) in [5.41, 5.74) is 3.92. The fraction of sp³-hybridized carbons (Fsp3) is 0.250. The van der Waals surface area contributed by atoms with Crippen LogP contribution in [0.25, 0.3) is 0 Å². The van der Waals surface area contributed by atoms with Crippen LogP contribution in [0, 0.1) is 12.8 Å². The summed E-state index contributed by atoms with van der Waals surface area (Å²) < 4.78 is 6.68. The second kappa shape index (κ2) is 11.4. The van der Waals surface area contributed by atoms with E-state index in [2.05, 4.69) is 5.32 Å². The predicted octanol–water partition coefficient (Wildman–Crippen LogP) is 4.73. The van der Waals surface area contributed by atoms with Gasteiger partial charge in [0.05, 0.1) is 23.7 Å². The van der Waals surface area contributed by atoms with Gasteiger partial charge in [-0.25, -0.2) is 4.90 Å². The van der Waals surface area contributed by atoms with Crippen molar-refractivity contribution < 1.29 is 19.1 Å². The van der Waals surface area contributed by atoms with Crippen molar-refractivity contribution in [1.29, 1.82) is 0 Å². The Balaban J connectivity index is 1.41. The number of hydrogen-bond acceptors (Lipinski definition) is 8. The number of aromatic nitrogens is 1. The lowest BCUT2D eigenvalue weighted by atomic mass is 9.83. The van der Waals surface area contributed by atoms with Gasteiger partial charge in [-0.05, 0) is 66.6 Å². The molecule has 0 spiro atoms. The van der Waals surface area contributed by atoms with Gasteiger partial charge in [-0.2, -0.15) is 0 Å². The Hall–Kier alpha value is -4.35. The number of rotatable bonds is 7. The first kappa shape index (κ1) is 28.8. The summed E-state index contributed by atoms with van der Waals surface area (Å²) in [5, 5.41) is 2.66. The van der Waals surface area contributed by atoms with E-state index in [1.165, 1.54) is 21.2 Å². The molecule has 1 N–H and O–H groups in total. The van der Waals surface area contributed by atoms with Crippen LogP contribution >= 0.6 is 23.1 Å². The van der Waals surface area contributed by atoms with Gasteiger partial charge in [-0.15, -0.1) is 0 Å². The van der Waals surface area contributed by atoms with Crippen LogP contribution in [0.1, 0.15) is 21.9 Å². The SMILES string of the molecule is COc1ccc(N2C(=O)C3Sc4c(sc(=O)n4CC(=O)Nc4cccc(C)c4)[C@H](c4ccc(N(C)C)cc4)C3C2=O)cc1. The van der Waals surface area contributed by atoms with Crippen LogP contribution in [0.4, 0.5) is 17.1 Å². The maximum atomic E-state index is 14.1. The molecular formula is C32H30N4O5S2. The van der Waals surface area contributed by atoms with Gasteiger partial charge in [0, 0.05) is 36.3 Å². The smallest absolute Gasteiger partial charge is 0.308 e. The zero-order valence-electron chi connectivity index (χ0n) is 24.1. The molecule has 0 radical (unpaired) electrons. The summed E-state index contributed by atoms with van der Waals surface area (Å²) in [6.07, 6.45) is 0. The number of carbonyl (C=O) groups is 3. The molecule has 3 aromatic carbocycles. The molecule has 9 nitrogen and oxygen atoms in total. The molecule has 2 aliphatic rings. The van der Waals surface area contributed by atoms with E-state index in [0.717, 1.165) is 28.2 Å². The molecule has 1 fully saturated rings. The predicted molar refractivity (Wildman–Crippen MR) is 170 cm³/mol. The Kier molecular flexibility index (Phi) is 7.61. The van der Waals surface area contributed by atoms with Crippen molar-refractivity contribution in [2.75, 3.05) is 36.3 Å². The number of thiazole rings is 1. The number of hydrogen-bond donors (Lipinski definition) is 1. The minimum atomic E-state index is -0.763. The molecule has 0 bridgehead atoms. The molecule has 3 heterocycles. The summed E-state index contributed by atoms with van der Waals surface area (Å²) >= 11 is 2.23. The number of carbonyl (C=O) groups excluding carboxylic acids is 3. The standard InChI is InChI=1S/C32H30N4O5S2/c1-18-6-5-7-20(16-18)33-24(37)17-35-31-28(43-32(35)40)25(19-8-10-21(11-9-19)34(2)3)26-27(42-31)30(39)36(29(26)38)22-12-14-23(41-4)15-13-22/h5-16,25-27H,17H2,1-4H3,(H,33,37)/t25-,26?,27?/m1/s1. The number of thioether (sulfide) groups is 1. The van der Waals surface area contributed by atoms with E-state index >= 15 is 0 Å². The van der Waals surface area contributed by atoms with Crippen LogP contribution in [0.3, 0.4) is 0 Å². The monoisotopic (exact) mass is 614 g/mol. The normalized spacial score (nSPS) is 19.2. The lowest BCUT2D eigenvalue weighted by Gasteiger charge is -2.31. The number of benzene rings is 3. The van der Waals surface area contributed by atoms with Crippen LogP contribution in [0.5, 0.6) is 5.75 Å². The first-order chi connectivity index (χ1) is 20.7. The van der Waals surface area contributed by atoms with Gasteiger partial charge in [0.25, 0.3) is 0 Å². The molecule has 0 aliphatic carbocycles. The average molecular weight is 615 g/mol. The number of imide groups is 1. The summed E-state index contributed by atoms with van der Waals surface area (Å²) in [6, 6.07) is 22.1. The fourth-order valence-corrected chi connectivity index (χ4v) is 8.42. The average Bonchev–Trinajstić information content (AvgIpc) is 3.43. The van der Waals surface area contributed by atoms with Crippen molar-refractivity contribution in [3.05, 3.63) is 98.5 Å². The van der Waals surface area contributed by atoms with E-state index < -0.39 is 17.1 Å². The van der Waals surface area contributed by atoms with Crippen LogP contribution in [-0.2, 0) is 20.9 Å². The highest BCUT2D eigenvalue weighted by molar-refractivity contribution is 8.00. The maximum Gasteiger partial charge on any atom is 0.308 e. The number of aryl methyl sites for hydroxylation is 1. The lowest BCUT2D eigenvalue weighted by molar-refractivity contribution is -0.122. The number of nitrogens with zero attached hydrogens (tertiary/aromatic N) is 3. The molecule has 11 heteroatoms. The molecule has 2 aliphatic heterocycles. The van der Waals surface area contributed by atoms with E-state index in [9.17, 15) is 19.2 Å². The number of anilines is 3. The molecule has 43 heavy (non-hydrogen) atoms.